The first kappa shape index (κ1) is 45.6. The minimum Gasteiger partial charge on any atom is -0.456 e. The van der Waals surface area contributed by atoms with E-state index in [4.69, 9.17) is 4.42 Å². The van der Waals surface area contributed by atoms with E-state index in [0.29, 0.717) is 0 Å². The number of hydrogen-bond acceptors (Lipinski definition) is 2. The lowest BCUT2D eigenvalue weighted by Gasteiger charge is -2.44. The Labute approximate surface area is 434 Å². The van der Waals surface area contributed by atoms with Crippen LogP contribution >= 0.6 is 0 Å². The van der Waals surface area contributed by atoms with Gasteiger partial charge in [0.1, 0.15) is 11.2 Å². The summed E-state index contributed by atoms with van der Waals surface area (Å²) in [6, 6.07) is 41.8. The molecule has 7 aromatic carbocycles. The van der Waals surface area contributed by atoms with Crippen LogP contribution in [-0.4, -0.2) is 11.4 Å². The summed E-state index contributed by atoms with van der Waals surface area (Å²) in [4.78, 5) is 2.76. The van der Waals surface area contributed by atoms with Crippen LogP contribution in [-0.2, 0) is 37.9 Å². The molecule has 2 aliphatic heterocycles. The maximum Gasteiger partial charge on any atom is 0.333 e. The van der Waals surface area contributed by atoms with Crippen LogP contribution in [0, 0.1) is 0 Å². The van der Waals surface area contributed by atoms with Gasteiger partial charge in [-0.1, -0.05) is 159 Å². The molecule has 0 N–H and O–H groups in total. The Hall–Kier alpha value is -6.00. The van der Waals surface area contributed by atoms with Crippen molar-refractivity contribution in [3.05, 3.63) is 148 Å². The van der Waals surface area contributed by atoms with E-state index in [1.54, 1.807) is 0 Å². The molecule has 14 rings (SSSR count). The summed E-state index contributed by atoms with van der Waals surface area (Å²) in [6.07, 6.45) is 4.68. The average Bonchev–Trinajstić information content (AvgIpc) is 3.94. The normalized spacial score (nSPS) is 19.2. The molecule has 4 heteroatoms. The van der Waals surface area contributed by atoms with Gasteiger partial charge in [-0.25, -0.2) is 0 Å². The lowest BCUT2D eigenvalue weighted by molar-refractivity contribution is 0.332. The highest BCUT2D eigenvalue weighted by Gasteiger charge is 2.51. The molecule has 368 valence electrons. The lowest BCUT2D eigenvalue weighted by Crippen LogP contribution is -2.61. The van der Waals surface area contributed by atoms with Gasteiger partial charge in [0.15, 0.2) is 0 Å². The Morgan fingerprint density at radius 3 is 1.67 bits per heavy atom. The van der Waals surface area contributed by atoms with Gasteiger partial charge < -0.3 is 13.8 Å². The molecule has 0 fully saturated rings. The minimum atomic E-state index is -0.291. The number of benzene rings is 7. The first-order chi connectivity index (χ1) is 34.2. The third-order valence-electron chi connectivity index (χ3n) is 19.8. The second-order valence-electron chi connectivity index (χ2n) is 28.7. The Morgan fingerprint density at radius 2 is 1.04 bits per heavy atom. The Bertz CT molecular complexity index is 3960. The van der Waals surface area contributed by atoms with Crippen molar-refractivity contribution >= 4 is 72.9 Å². The summed E-state index contributed by atoms with van der Waals surface area (Å²) in [5.74, 6) is 0. The molecule has 2 aromatic heterocycles. The van der Waals surface area contributed by atoms with Crippen molar-refractivity contribution in [1.29, 1.82) is 0 Å². The quantitative estimate of drug-likeness (QED) is 0.153. The first-order valence-corrected chi connectivity index (χ1v) is 27.6. The summed E-state index contributed by atoms with van der Waals surface area (Å²) in [5, 5.41) is 5.21. The van der Waals surface area contributed by atoms with E-state index in [-0.39, 0.29) is 44.8 Å². The molecule has 5 aliphatic rings. The van der Waals surface area contributed by atoms with Crippen molar-refractivity contribution in [1.82, 2.24) is 4.57 Å². The van der Waals surface area contributed by atoms with E-state index in [1.807, 2.05) is 0 Å². The molecule has 0 atom stereocenters. The van der Waals surface area contributed by atoms with Gasteiger partial charge in [0.25, 0.3) is 0 Å². The standard InChI is InChI=1S/C69H73BN2O/c1-63(2,3)38-21-24-40(25-22-38)72-54-34-43-42-32-47-50(68(13,14)30-28-65(47,7)8)37-56(42)73-55(43)35-45(54)59-60-57(41-19-17-18-20-46(41)69(60,15)16)58-44-33-48-49(67(11,12)29-27-66(48,9)10)36-53(44)71-52-26-23-39(64(4,5)6)31-51(52)70(72)61(59)62(58)71/h17-26,31-37H,27-30H2,1-16H3. The molecule has 0 radical (unpaired) electrons. The molecule has 3 nitrogen and oxygen atoms in total. The van der Waals surface area contributed by atoms with Crippen LogP contribution in [0.25, 0.3) is 71.7 Å². The van der Waals surface area contributed by atoms with Gasteiger partial charge in [-0.3, -0.25) is 0 Å². The summed E-state index contributed by atoms with van der Waals surface area (Å²) < 4.78 is 10.0. The molecule has 0 amide bonds. The van der Waals surface area contributed by atoms with Crippen molar-refractivity contribution < 1.29 is 4.42 Å². The molecule has 0 spiro atoms. The topological polar surface area (TPSA) is 21.3 Å². The number of furan rings is 1. The van der Waals surface area contributed by atoms with E-state index in [2.05, 4.69) is 223 Å². The molecular weight excluding hydrogens is 884 g/mol. The van der Waals surface area contributed by atoms with Crippen LogP contribution in [0.2, 0.25) is 0 Å². The van der Waals surface area contributed by atoms with Crippen molar-refractivity contribution in [3.8, 4) is 27.9 Å². The molecule has 73 heavy (non-hydrogen) atoms. The molecular formula is C69H73BN2O. The molecule has 0 unspecified atom stereocenters. The maximum absolute atomic E-state index is 7.27. The lowest BCUT2D eigenvalue weighted by atomic mass is 9.43. The number of aromatic nitrogens is 1. The molecule has 0 saturated heterocycles. The summed E-state index contributed by atoms with van der Waals surface area (Å²) in [5.41, 5.74) is 28.0. The zero-order valence-corrected chi connectivity index (χ0v) is 46.5. The predicted octanol–water partition coefficient (Wildman–Crippen LogP) is 17.5. The summed E-state index contributed by atoms with van der Waals surface area (Å²) in [6.45, 7) is 38.7. The van der Waals surface area contributed by atoms with Gasteiger partial charge >= 0.3 is 6.85 Å². The summed E-state index contributed by atoms with van der Waals surface area (Å²) in [7, 11) is 0. The van der Waals surface area contributed by atoms with Gasteiger partial charge in [-0.2, -0.15) is 0 Å². The third kappa shape index (κ3) is 5.90. The van der Waals surface area contributed by atoms with Gasteiger partial charge in [0.2, 0.25) is 0 Å². The highest BCUT2D eigenvalue weighted by Crippen LogP contribution is 2.61. The van der Waals surface area contributed by atoms with Crippen LogP contribution < -0.4 is 15.7 Å². The number of hydrogen-bond donors (Lipinski definition) is 0. The zero-order valence-electron chi connectivity index (χ0n) is 46.5. The molecule has 0 saturated carbocycles. The predicted molar refractivity (Wildman–Crippen MR) is 313 cm³/mol. The fourth-order valence-electron chi connectivity index (χ4n) is 15.1. The Kier molecular flexibility index (Phi) is 8.64. The number of anilines is 2. The van der Waals surface area contributed by atoms with Gasteiger partial charge in [-0.15, -0.1) is 0 Å². The second-order valence-corrected chi connectivity index (χ2v) is 28.7. The van der Waals surface area contributed by atoms with Gasteiger partial charge in [-0.05, 0) is 185 Å². The minimum absolute atomic E-state index is 0.0177. The van der Waals surface area contributed by atoms with E-state index in [1.165, 1.54) is 153 Å². The molecule has 4 heterocycles. The molecule has 3 aliphatic carbocycles. The van der Waals surface area contributed by atoms with E-state index < -0.39 is 0 Å². The smallest absolute Gasteiger partial charge is 0.333 e. The molecule has 0 bridgehead atoms. The van der Waals surface area contributed by atoms with Crippen LogP contribution in [0.4, 0.5) is 11.4 Å². The monoisotopic (exact) mass is 957 g/mol. The van der Waals surface area contributed by atoms with E-state index >= 15 is 0 Å². The van der Waals surface area contributed by atoms with Crippen molar-refractivity contribution in [2.45, 2.75) is 174 Å². The molecule has 9 aromatic rings. The SMILES string of the molecule is CC(C)(C)c1ccc(N2B3c4cc(C(C)(C)C)ccc4-n4c5cc6c(cc5c5c7c(c(c3c54)-c3cc4oc5cc8c(cc5c4cc32)C(C)(C)CCC8(C)C)C(C)(C)c2ccccc2-7)C(C)(C)CCC6(C)C)cc1. The highest BCUT2D eigenvalue weighted by molar-refractivity contribution is 6.94. The van der Waals surface area contributed by atoms with Gasteiger partial charge in [0.05, 0.1) is 11.0 Å². The third-order valence-corrected chi connectivity index (χ3v) is 19.8. The second kappa shape index (κ2) is 13.8. The largest absolute Gasteiger partial charge is 0.456 e. The average molecular weight is 957 g/mol. The number of nitrogens with zero attached hydrogens (tertiary/aromatic N) is 2. The number of rotatable bonds is 1. The van der Waals surface area contributed by atoms with Gasteiger partial charge in [0, 0.05) is 49.6 Å². The van der Waals surface area contributed by atoms with Crippen LogP contribution in [0.15, 0.2) is 108 Å². The summed E-state index contributed by atoms with van der Waals surface area (Å²) >= 11 is 0. The van der Waals surface area contributed by atoms with Crippen molar-refractivity contribution in [2.24, 2.45) is 0 Å². The fraction of sp³-hybridized carbons (Fsp3) is 0.391. The Balaban J connectivity index is 1.21. The van der Waals surface area contributed by atoms with Crippen molar-refractivity contribution in [2.75, 3.05) is 4.81 Å². The van der Waals surface area contributed by atoms with Crippen LogP contribution in [0.1, 0.15) is 181 Å². The van der Waals surface area contributed by atoms with Crippen LogP contribution in [0.3, 0.4) is 0 Å². The highest BCUT2D eigenvalue weighted by atomic mass is 16.3. The maximum atomic E-state index is 7.27. The Morgan fingerprint density at radius 1 is 0.493 bits per heavy atom. The van der Waals surface area contributed by atoms with Crippen LogP contribution in [0.5, 0.6) is 0 Å². The van der Waals surface area contributed by atoms with E-state index in [0.717, 1.165) is 11.2 Å². The number of fused-ring (bicyclic) bond motifs is 18. The zero-order chi connectivity index (χ0) is 51.2. The van der Waals surface area contributed by atoms with E-state index in [9.17, 15) is 0 Å². The fourth-order valence-corrected chi connectivity index (χ4v) is 15.1. The first-order valence-electron chi connectivity index (χ1n) is 27.6. The van der Waals surface area contributed by atoms with Crippen molar-refractivity contribution in [3.63, 3.8) is 0 Å².